The Kier molecular flexibility index (Phi) is 5.20. The molecule has 0 unspecified atom stereocenters. The van der Waals surface area contributed by atoms with Crippen molar-refractivity contribution in [1.82, 2.24) is 4.31 Å². The lowest BCUT2D eigenvalue weighted by Gasteiger charge is -2.31. The number of piperidine rings is 1. The number of sulfonamides is 1. The summed E-state index contributed by atoms with van der Waals surface area (Å²) >= 11 is 0. The molecule has 0 bridgehead atoms. The van der Waals surface area contributed by atoms with Gasteiger partial charge in [0.25, 0.3) is 0 Å². The number of carbonyl (C=O) groups is 1. The highest BCUT2D eigenvalue weighted by Gasteiger charge is 2.32. The summed E-state index contributed by atoms with van der Waals surface area (Å²) in [5.74, 6) is -0.776. The summed E-state index contributed by atoms with van der Waals surface area (Å²) in [5.41, 5.74) is 1.09. The molecular formula is C19H21NO4S. The molecule has 5 nitrogen and oxygen atoms in total. The molecular weight excluding hydrogens is 338 g/mol. The molecule has 1 fully saturated rings. The van der Waals surface area contributed by atoms with E-state index in [-0.39, 0.29) is 10.5 Å². The lowest BCUT2D eigenvalue weighted by Crippen LogP contribution is -2.39. The second-order valence-electron chi connectivity index (χ2n) is 6.34. The highest BCUT2D eigenvalue weighted by Crippen LogP contribution is 2.27. The zero-order chi connectivity index (χ0) is 17.9. The maximum atomic E-state index is 12.8. The number of carboxylic acids is 1. The predicted molar refractivity (Wildman–Crippen MR) is 95.0 cm³/mol. The number of benzene rings is 2. The minimum absolute atomic E-state index is 0.121. The highest BCUT2D eigenvalue weighted by atomic mass is 32.2. The third kappa shape index (κ3) is 3.91. The summed E-state index contributed by atoms with van der Waals surface area (Å²) in [6.45, 7) is 0.849. The van der Waals surface area contributed by atoms with Gasteiger partial charge in [0, 0.05) is 13.1 Å². The fraction of sp³-hybridized carbons (Fsp3) is 0.316. The van der Waals surface area contributed by atoms with Gasteiger partial charge in [0.2, 0.25) is 10.0 Å². The van der Waals surface area contributed by atoms with E-state index in [1.165, 1.54) is 28.1 Å². The Hall–Kier alpha value is -2.18. The van der Waals surface area contributed by atoms with Gasteiger partial charge in [0.1, 0.15) is 0 Å². The van der Waals surface area contributed by atoms with Crippen LogP contribution >= 0.6 is 0 Å². The van der Waals surface area contributed by atoms with Crippen molar-refractivity contribution in [1.29, 1.82) is 0 Å². The van der Waals surface area contributed by atoms with Crippen LogP contribution in [0.25, 0.3) is 0 Å². The zero-order valence-corrected chi connectivity index (χ0v) is 14.7. The van der Waals surface area contributed by atoms with E-state index in [1.807, 2.05) is 18.2 Å². The van der Waals surface area contributed by atoms with Crippen LogP contribution in [0, 0.1) is 5.92 Å². The van der Waals surface area contributed by atoms with Crippen LogP contribution in [0.4, 0.5) is 0 Å². The van der Waals surface area contributed by atoms with E-state index in [0.29, 0.717) is 19.0 Å². The summed E-state index contributed by atoms with van der Waals surface area (Å²) in [6, 6.07) is 16.0. The molecule has 2 aromatic rings. The van der Waals surface area contributed by atoms with Crippen molar-refractivity contribution in [3.8, 4) is 0 Å². The van der Waals surface area contributed by atoms with Crippen LogP contribution in [0.1, 0.15) is 28.8 Å². The molecule has 1 aliphatic rings. The van der Waals surface area contributed by atoms with Gasteiger partial charge >= 0.3 is 5.97 Å². The molecule has 0 spiro atoms. The molecule has 0 amide bonds. The van der Waals surface area contributed by atoms with E-state index in [1.54, 1.807) is 6.07 Å². The van der Waals surface area contributed by atoms with Crippen LogP contribution in [0.5, 0.6) is 0 Å². The van der Waals surface area contributed by atoms with Crippen molar-refractivity contribution in [3.05, 3.63) is 65.7 Å². The molecule has 0 atom stereocenters. The largest absolute Gasteiger partial charge is 0.478 e. The summed E-state index contributed by atoms with van der Waals surface area (Å²) in [5, 5.41) is 9.25. The maximum Gasteiger partial charge on any atom is 0.337 e. The molecule has 1 saturated heterocycles. The summed E-state index contributed by atoms with van der Waals surface area (Å²) in [7, 11) is -3.78. The van der Waals surface area contributed by atoms with Crippen molar-refractivity contribution in [3.63, 3.8) is 0 Å². The number of nitrogens with zero attached hydrogens (tertiary/aromatic N) is 1. The molecule has 2 aromatic carbocycles. The normalized spacial score (nSPS) is 16.6. The minimum atomic E-state index is -3.78. The first-order valence-electron chi connectivity index (χ1n) is 8.35. The smallest absolute Gasteiger partial charge is 0.337 e. The molecule has 6 heteroatoms. The topological polar surface area (TPSA) is 74.7 Å². The molecule has 0 radical (unpaired) electrons. The first kappa shape index (κ1) is 17.6. The Morgan fingerprint density at radius 2 is 1.60 bits per heavy atom. The first-order valence-corrected chi connectivity index (χ1v) is 9.79. The molecule has 0 aromatic heterocycles. The Labute approximate surface area is 148 Å². The number of rotatable bonds is 5. The van der Waals surface area contributed by atoms with E-state index < -0.39 is 16.0 Å². The lowest BCUT2D eigenvalue weighted by atomic mass is 9.91. The van der Waals surface area contributed by atoms with Gasteiger partial charge in [-0.3, -0.25) is 0 Å². The third-order valence-corrected chi connectivity index (χ3v) is 6.63. The number of hydrogen-bond donors (Lipinski definition) is 1. The zero-order valence-electron chi connectivity index (χ0n) is 13.8. The van der Waals surface area contributed by atoms with Gasteiger partial charge in [0.05, 0.1) is 10.5 Å². The predicted octanol–water partition coefficient (Wildman–Crippen LogP) is 3.03. The van der Waals surface area contributed by atoms with Crippen LogP contribution in [-0.2, 0) is 16.4 Å². The lowest BCUT2D eigenvalue weighted by molar-refractivity contribution is 0.0692. The van der Waals surface area contributed by atoms with Crippen molar-refractivity contribution in [2.24, 2.45) is 5.92 Å². The number of aromatic carboxylic acids is 1. The van der Waals surface area contributed by atoms with Crippen molar-refractivity contribution >= 4 is 16.0 Å². The molecule has 25 heavy (non-hydrogen) atoms. The van der Waals surface area contributed by atoms with Crippen LogP contribution in [-0.4, -0.2) is 36.9 Å². The average molecular weight is 359 g/mol. The third-order valence-electron chi connectivity index (χ3n) is 4.68. The quantitative estimate of drug-likeness (QED) is 0.890. The van der Waals surface area contributed by atoms with Crippen LogP contribution < -0.4 is 0 Å². The standard InChI is InChI=1S/C19H21NO4S/c21-19(22)17-8-4-5-9-18(17)25(23,24)20-12-10-16(11-13-20)14-15-6-2-1-3-7-15/h1-9,16H,10-14H2,(H,21,22). The molecule has 1 heterocycles. The Balaban J connectivity index is 1.71. The number of carboxylic acid groups (broad SMARTS) is 1. The second kappa shape index (κ2) is 7.37. The molecule has 1 aliphatic heterocycles. The van der Waals surface area contributed by atoms with E-state index in [2.05, 4.69) is 12.1 Å². The van der Waals surface area contributed by atoms with E-state index >= 15 is 0 Å². The molecule has 0 aliphatic carbocycles. The van der Waals surface area contributed by atoms with Gasteiger partial charge in [0.15, 0.2) is 0 Å². The SMILES string of the molecule is O=C(O)c1ccccc1S(=O)(=O)N1CCC(Cc2ccccc2)CC1. The van der Waals surface area contributed by atoms with Gasteiger partial charge in [-0.15, -0.1) is 0 Å². The Morgan fingerprint density at radius 1 is 1.00 bits per heavy atom. The fourth-order valence-corrected chi connectivity index (χ4v) is 4.96. The van der Waals surface area contributed by atoms with Gasteiger partial charge < -0.3 is 5.11 Å². The highest BCUT2D eigenvalue weighted by molar-refractivity contribution is 7.89. The van der Waals surface area contributed by atoms with E-state index in [9.17, 15) is 18.3 Å². The molecule has 3 rings (SSSR count). The van der Waals surface area contributed by atoms with Crippen LogP contribution in [0.2, 0.25) is 0 Å². The van der Waals surface area contributed by atoms with Crippen LogP contribution in [0.3, 0.4) is 0 Å². The average Bonchev–Trinajstić information content (AvgIpc) is 2.63. The fourth-order valence-electron chi connectivity index (χ4n) is 3.31. The van der Waals surface area contributed by atoms with E-state index in [0.717, 1.165) is 19.3 Å². The Bertz CT molecular complexity index is 841. The van der Waals surface area contributed by atoms with Gasteiger partial charge in [-0.2, -0.15) is 4.31 Å². The van der Waals surface area contributed by atoms with Crippen molar-refractivity contribution in [2.75, 3.05) is 13.1 Å². The van der Waals surface area contributed by atoms with Gasteiger partial charge in [-0.05, 0) is 42.9 Å². The summed E-state index contributed by atoms with van der Waals surface area (Å²) in [4.78, 5) is 11.2. The molecule has 132 valence electrons. The number of hydrogen-bond acceptors (Lipinski definition) is 3. The van der Waals surface area contributed by atoms with Crippen LogP contribution in [0.15, 0.2) is 59.5 Å². The van der Waals surface area contributed by atoms with E-state index in [4.69, 9.17) is 0 Å². The van der Waals surface area contributed by atoms with Gasteiger partial charge in [-0.1, -0.05) is 42.5 Å². The summed E-state index contributed by atoms with van der Waals surface area (Å²) < 4.78 is 27.1. The molecule has 0 saturated carbocycles. The van der Waals surface area contributed by atoms with Crippen molar-refractivity contribution in [2.45, 2.75) is 24.2 Å². The first-order chi connectivity index (χ1) is 12.0. The molecule has 1 N–H and O–H groups in total. The van der Waals surface area contributed by atoms with Crippen molar-refractivity contribution < 1.29 is 18.3 Å². The van der Waals surface area contributed by atoms with Gasteiger partial charge in [-0.25, -0.2) is 13.2 Å². The Morgan fingerprint density at radius 3 is 2.24 bits per heavy atom. The summed E-state index contributed by atoms with van der Waals surface area (Å²) in [6.07, 6.45) is 2.51. The maximum absolute atomic E-state index is 12.8. The minimum Gasteiger partial charge on any atom is -0.478 e. The second-order valence-corrected chi connectivity index (χ2v) is 8.24. The monoisotopic (exact) mass is 359 g/mol.